The van der Waals surface area contributed by atoms with E-state index in [0.29, 0.717) is 5.00 Å². The molecular formula is C13H9F2NO3S2. The Hall–Kier alpha value is -1.93. The number of thioether (sulfide) groups is 1. The second kappa shape index (κ2) is 6.68. The van der Waals surface area contributed by atoms with Crippen LogP contribution < -0.4 is 5.32 Å². The van der Waals surface area contributed by atoms with Crippen LogP contribution in [0.3, 0.4) is 0 Å². The lowest BCUT2D eigenvalue weighted by molar-refractivity contribution is -0.113. The zero-order valence-corrected chi connectivity index (χ0v) is 12.1. The quantitative estimate of drug-likeness (QED) is 0.825. The van der Waals surface area contributed by atoms with Gasteiger partial charge in [0.05, 0.1) is 10.8 Å². The van der Waals surface area contributed by atoms with Crippen LogP contribution in [0, 0.1) is 11.6 Å². The topological polar surface area (TPSA) is 66.4 Å². The first-order valence-electron chi connectivity index (χ1n) is 5.66. The summed E-state index contributed by atoms with van der Waals surface area (Å²) in [5.41, 5.74) is 0. The van der Waals surface area contributed by atoms with Crippen molar-refractivity contribution in [2.75, 3.05) is 11.1 Å². The van der Waals surface area contributed by atoms with E-state index in [2.05, 4.69) is 5.32 Å². The molecule has 0 radical (unpaired) electrons. The van der Waals surface area contributed by atoms with Crippen LogP contribution in [0.15, 0.2) is 35.2 Å². The molecule has 8 heteroatoms. The van der Waals surface area contributed by atoms with Gasteiger partial charge in [-0.2, -0.15) is 0 Å². The van der Waals surface area contributed by atoms with Gasteiger partial charge < -0.3 is 10.4 Å². The monoisotopic (exact) mass is 329 g/mol. The summed E-state index contributed by atoms with van der Waals surface area (Å²) in [6.45, 7) is 0. The lowest BCUT2D eigenvalue weighted by atomic mass is 10.3. The number of nitrogens with one attached hydrogen (secondary N) is 1. The van der Waals surface area contributed by atoms with Gasteiger partial charge in [0.25, 0.3) is 0 Å². The van der Waals surface area contributed by atoms with Gasteiger partial charge in [0.15, 0.2) is 0 Å². The Balaban J connectivity index is 1.91. The van der Waals surface area contributed by atoms with Crippen molar-refractivity contribution < 1.29 is 23.5 Å². The molecule has 2 aromatic rings. The van der Waals surface area contributed by atoms with Gasteiger partial charge in [-0.05, 0) is 24.3 Å². The number of carbonyl (C=O) groups excluding carboxylic acids is 1. The van der Waals surface area contributed by atoms with Crippen LogP contribution in [0.25, 0.3) is 0 Å². The predicted octanol–water partition coefficient (Wildman–Crippen LogP) is 3.46. The van der Waals surface area contributed by atoms with Crippen LogP contribution in [0.2, 0.25) is 0 Å². The highest BCUT2D eigenvalue weighted by atomic mass is 32.2. The van der Waals surface area contributed by atoms with E-state index < -0.39 is 23.5 Å². The normalized spacial score (nSPS) is 10.4. The van der Waals surface area contributed by atoms with E-state index in [1.54, 1.807) is 0 Å². The van der Waals surface area contributed by atoms with Crippen molar-refractivity contribution in [2.24, 2.45) is 0 Å². The number of carboxylic acids is 1. The molecule has 1 amide bonds. The van der Waals surface area contributed by atoms with E-state index >= 15 is 0 Å². The number of thiophene rings is 1. The van der Waals surface area contributed by atoms with Gasteiger partial charge >= 0.3 is 5.97 Å². The maximum atomic E-state index is 13.4. The molecule has 21 heavy (non-hydrogen) atoms. The van der Waals surface area contributed by atoms with Crippen LogP contribution >= 0.6 is 23.1 Å². The highest BCUT2D eigenvalue weighted by Crippen LogP contribution is 2.24. The Kier molecular flexibility index (Phi) is 4.92. The molecule has 0 fully saturated rings. The maximum Gasteiger partial charge on any atom is 0.345 e. The van der Waals surface area contributed by atoms with Gasteiger partial charge in [-0.25, -0.2) is 13.6 Å². The number of carbonyl (C=O) groups is 2. The van der Waals surface area contributed by atoms with E-state index in [9.17, 15) is 18.4 Å². The van der Waals surface area contributed by atoms with Gasteiger partial charge in [0.1, 0.15) is 16.5 Å². The summed E-state index contributed by atoms with van der Waals surface area (Å²) in [7, 11) is 0. The first-order valence-corrected chi connectivity index (χ1v) is 7.47. The number of amides is 1. The first-order chi connectivity index (χ1) is 9.95. The molecule has 2 rings (SSSR count). The smallest absolute Gasteiger partial charge is 0.345 e. The molecular weight excluding hydrogens is 320 g/mol. The summed E-state index contributed by atoms with van der Waals surface area (Å²) in [5, 5.41) is 11.7. The van der Waals surface area contributed by atoms with Crippen molar-refractivity contribution in [2.45, 2.75) is 4.90 Å². The molecule has 1 aromatic heterocycles. The Morgan fingerprint density at radius 3 is 2.62 bits per heavy atom. The molecule has 1 heterocycles. The Morgan fingerprint density at radius 2 is 2.00 bits per heavy atom. The SMILES string of the molecule is O=C(CSc1ccc(F)cc1F)Nc1ccc(C(=O)O)s1. The minimum absolute atomic E-state index is 0.0666. The number of rotatable bonds is 5. The van der Waals surface area contributed by atoms with Crippen molar-refractivity contribution in [3.63, 3.8) is 0 Å². The fourth-order valence-corrected chi connectivity index (χ4v) is 2.91. The standard InChI is InChI=1S/C13H9F2NO3S2/c14-7-1-2-9(8(15)5-7)20-6-11(17)16-12-4-3-10(21-12)13(18)19/h1-5H,6H2,(H,16,17)(H,18,19). The average Bonchev–Trinajstić information content (AvgIpc) is 2.86. The van der Waals surface area contributed by atoms with Crippen molar-refractivity contribution in [1.29, 1.82) is 0 Å². The molecule has 0 aliphatic heterocycles. The van der Waals surface area contributed by atoms with Gasteiger partial charge in [0, 0.05) is 11.0 Å². The molecule has 2 N–H and O–H groups in total. The molecule has 0 spiro atoms. The largest absolute Gasteiger partial charge is 0.477 e. The second-order valence-corrected chi connectivity index (χ2v) is 5.98. The van der Waals surface area contributed by atoms with E-state index in [0.717, 1.165) is 35.2 Å². The Labute approximate surface area is 126 Å². The van der Waals surface area contributed by atoms with Crippen molar-refractivity contribution >= 4 is 40.0 Å². The molecule has 0 saturated carbocycles. The molecule has 0 saturated heterocycles. The lowest BCUT2D eigenvalue weighted by Gasteiger charge is -2.04. The highest BCUT2D eigenvalue weighted by molar-refractivity contribution is 8.00. The first kappa shape index (κ1) is 15.5. The van der Waals surface area contributed by atoms with E-state index in [1.165, 1.54) is 18.2 Å². The number of halogens is 2. The highest BCUT2D eigenvalue weighted by Gasteiger charge is 2.11. The van der Waals surface area contributed by atoms with E-state index in [1.807, 2.05) is 0 Å². The summed E-state index contributed by atoms with van der Waals surface area (Å²) in [4.78, 5) is 22.7. The maximum absolute atomic E-state index is 13.4. The average molecular weight is 329 g/mol. The molecule has 0 unspecified atom stereocenters. The molecule has 0 aliphatic carbocycles. The number of benzene rings is 1. The number of hydrogen-bond acceptors (Lipinski definition) is 4. The van der Waals surface area contributed by atoms with Crippen molar-refractivity contribution in [1.82, 2.24) is 0 Å². The van der Waals surface area contributed by atoms with Crippen LogP contribution in [0.4, 0.5) is 13.8 Å². The van der Waals surface area contributed by atoms with E-state index in [4.69, 9.17) is 5.11 Å². The third kappa shape index (κ3) is 4.27. The lowest BCUT2D eigenvalue weighted by Crippen LogP contribution is -2.13. The number of hydrogen-bond donors (Lipinski definition) is 2. The fraction of sp³-hybridized carbons (Fsp3) is 0.0769. The third-order valence-corrected chi connectivity index (χ3v) is 4.37. The van der Waals surface area contributed by atoms with Crippen LogP contribution in [-0.4, -0.2) is 22.7 Å². The van der Waals surface area contributed by atoms with Crippen molar-refractivity contribution in [3.05, 3.63) is 46.8 Å². The van der Waals surface area contributed by atoms with Crippen LogP contribution in [0.1, 0.15) is 9.67 Å². The van der Waals surface area contributed by atoms with Gasteiger partial charge in [0.2, 0.25) is 5.91 Å². The van der Waals surface area contributed by atoms with Gasteiger partial charge in [-0.1, -0.05) is 0 Å². The van der Waals surface area contributed by atoms with Crippen molar-refractivity contribution in [3.8, 4) is 0 Å². The predicted molar refractivity (Wildman–Crippen MR) is 77.0 cm³/mol. The summed E-state index contributed by atoms with van der Waals surface area (Å²) in [6.07, 6.45) is 0. The molecule has 0 atom stereocenters. The molecule has 0 bridgehead atoms. The zero-order valence-electron chi connectivity index (χ0n) is 10.4. The second-order valence-electron chi connectivity index (χ2n) is 3.88. The van der Waals surface area contributed by atoms with Gasteiger partial charge in [-0.15, -0.1) is 23.1 Å². The Morgan fingerprint density at radius 1 is 1.24 bits per heavy atom. The van der Waals surface area contributed by atoms with Crippen LogP contribution in [-0.2, 0) is 4.79 Å². The summed E-state index contributed by atoms with van der Waals surface area (Å²) in [5.74, 6) is -2.94. The number of aromatic carboxylic acids is 1. The van der Waals surface area contributed by atoms with Gasteiger partial charge in [-0.3, -0.25) is 4.79 Å². The van der Waals surface area contributed by atoms with E-state index in [-0.39, 0.29) is 15.5 Å². The zero-order chi connectivity index (χ0) is 15.4. The molecule has 110 valence electrons. The summed E-state index contributed by atoms with van der Waals surface area (Å²) in [6, 6.07) is 5.99. The summed E-state index contributed by atoms with van der Waals surface area (Å²) < 4.78 is 26.1. The minimum atomic E-state index is -1.07. The fourth-order valence-electron chi connectivity index (χ4n) is 1.43. The Bertz CT molecular complexity index is 688. The molecule has 4 nitrogen and oxygen atoms in total. The molecule has 1 aromatic carbocycles. The minimum Gasteiger partial charge on any atom is -0.477 e. The molecule has 0 aliphatic rings. The third-order valence-electron chi connectivity index (χ3n) is 2.33. The summed E-state index contributed by atoms with van der Waals surface area (Å²) >= 11 is 1.86. The van der Waals surface area contributed by atoms with Crippen LogP contribution in [0.5, 0.6) is 0 Å². The number of carboxylic acid groups (broad SMARTS) is 1. The number of anilines is 1.